The largest absolute Gasteiger partial charge is 0.379 e. The minimum absolute atomic E-state index is 0.238. The Labute approximate surface area is 108 Å². The second-order valence-electron chi connectivity index (χ2n) is 3.19. The van der Waals surface area contributed by atoms with E-state index in [4.69, 9.17) is 16.3 Å². The molecule has 0 aromatic heterocycles. The summed E-state index contributed by atoms with van der Waals surface area (Å²) in [5, 5.41) is 3.16. The zero-order valence-corrected chi connectivity index (χ0v) is 11.2. The van der Waals surface area contributed by atoms with Gasteiger partial charge in [-0.15, -0.1) is 11.6 Å². The molecule has 2 nitrogen and oxygen atoms in total. The van der Waals surface area contributed by atoms with Gasteiger partial charge in [-0.05, 0) is 27.6 Å². The third-order valence-corrected chi connectivity index (χ3v) is 3.03. The van der Waals surface area contributed by atoms with Gasteiger partial charge >= 0.3 is 0 Å². The second kappa shape index (κ2) is 8.01. The van der Waals surface area contributed by atoms with Crippen molar-refractivity contribution in [3.05, 3.63) is 34.1 Å². The third-order valence-electron chi connectivity index (χ3n) is 1.99. The summed E-state index contributed by atoms with van der Waals surface area (Å²) in [6.45, 7) is 2.51. The van der Waals surface area contributed by atoms with Crippen molar-refractivity contribution in [3.63, 3.8) is 0 Å². The number of rotatable bonds is 7. The van der Waals surface area contributed by atoms with E-state index in [0.717, 1.165) is 12.1 Å². The van der Waals surface area contributed by atoms with Gasteiger partial charge in [-0.3, -0.25) is 0 Å². The van der Waals surface area contributed by atoms with Crippen molar-refractivity contribution in [2.75, 3.05) is 25.6 Å². The normalized spacial score (nSPS) is 10.7. The zero-order chi connectivity index (χ0) is 11.8. The van der Waals surface area contributed by atoms with Crippen molar-refractivity contribution in [1.82, 2.24) is 5.32 Å². The van der Waals surface area contributed by atoms with Gasteiger partial charge in [0.05, 0.1) is 17.7 Å². The van der Waals surface area contributed by atoms with Crippen molar-refractivity contribution in [1.29, 1.82) is 0 Å². The first-order valence-electron chi connectivity index (χ1n) is 5.03. The maximum absolute atomic E-state index is 13.1. The highest BCUT2D eigenvalue weighted by atomic mass is 79.9. The summed E-state index contributed by atoms with van der Waals surface area (Å²) in [6.07, 6.45) is 0. The Kier molecular flexibility index (Phi) is 6.96. The summed E-state index contributed by atoms with van der Waals surface area (Å²) in [6, 6.07) is 5.00. The van der Waals surface area contributed by atoms with Gasteiger partial charge in [0.2, 0.25) is 0 Å². The topological polar surface area (TPSA) is 21.3 Å². The van der Waals surface area contributed by atoms with E-state index in [2.05, 4.69) is 21.2 Å². The van der Waals surface area contributed by atoms with Gasteiger partial charge in [0, 0.05) is 19.0 Å². The van der Waals surface area contributed by atoms with Gasteiger partial charge < -0.3 is 10.1 Å². The smallest absolute Gasteiger partial charge is 0.137 e. The number of nitrogens with one attached hydrogen (secondary N) is 1. The summed E-state index contributed by atoms with van der Waals surface area (Å²) < 4.78 is 18.9. The number of hydrogen-bond acceptors (Lipinski definition) is 2. The molecular formula is C11H14BrClFNO. The van der Waals surface area contributed by atoms with Gasteiger partial charge in [0.1, 0.15) is 5.82 Å². The lowest BCUT2D eigenvalue weighted by Crippen LogP contribution is -2.20. The molecule has 1 aromatic rings. The Morgan fingerprint density at radius 1 is 1.38 bits per heavy atom. The Morgan fingerprint density at radius 2 is 2.19 bits per heavy atom. The summed E-state index contributed by atoms with van der Waals surface area (Å²) in [7, 11) is 0. The summed E-state index contributed by atoms with van der Waals surface area (Å²) in [5.74, 6) is 0.271. The molecule has 90 valence electrons. The fraction of sp³-hybridized carbons (Fsp3) is 0.455. The molecule has 0 saturated carbocycles. The van der Waals surface area contributed by atoms with Crippen molar-refractivity contribution < 1.29 is 9.13 Å². The SMILES string of the molecule is Fc1cccc(CNCCOCCCl)c1Br. The van der Waals surface area contributed by atoms with Gasteiger partial charge in [-0.2, -0.15) is 0 Å². The molecule has 0 aliphatic heterocycles. The van der Waals surface area contributed by atoms with Crippen LogP contribution in [0.1, 0.15) is 5.56 Å². The zero-order valence-electron chi connectivity index (χ0n) is 8.81. The van der Waals surface area contributed by atoms with E-state index in [1.165, 1.54) is 6.07 Å². The van der Waals surface area contributed by atoms with E-state index in [1.54, 1.807) is 6.07 Å². The number of benzene rings is 1. The van der Waals surface area contributed by atoms with Gasteiger partial charge in [0.15, 0.2) is 0 Å². The lowest BCUT2D eigenvalue weighted by molar-refractivity contribution is 0.151. The molecule has 0 atom stereocenters. The highest BCUT2D eigenvalue weighted by molar-refractivity contribution is 9.10. The summed E-state index contributed by atoms with van der Waals surface area (Å²) in [5.41, 5.74) is 0.900. The van der Waals surface area contributed by atoms with Crippen LogP contribution < -0.4 is 5.32 Å². The van der Waals surface area contributed by atoms with E-state index in [1.807, 2.05) is 6.07 Å². The van der Waals surface area contributed by atoms with Crippen molar-refractivity contribution in [2.45, 2.75) is 6.54 Å². The molecule has 0 spiro atoms. The highest BCUT2D eigenvalue weighted by Crippen LogP contribution is 2.19. The first-order valence-corrected chi connectivity index (χ1v) is 6.35. The van der Waals surface area contributed by atoms with E-state index < -0.39 is 0 Å². The molecule has 5 heteroatoms. The van der Waals surface area contributed by atoms with Crippen LogP contribution in [0.25, 0.3) is 0 Å². The van der Waals surface area contributed by atoms with Crippen LogP contribution in [-0.2, 0) is 11.3 Å². The summed E-state index contributed by atoms with van der Waals surface area (Å²) >= 11 is 8.67. The molecule has 0 radical (unpaired) electrons. The number of alkyl halides is 1. The van der Waals surface area contributed by atoms with Crippen LogP contribution in [0.2, 0.25) is 0 Å². The lowest BCUT2D eigenvalue weighted by Gasteiger charge is -2.07. The quantitative estimate of drug-likeness (QED) is 0.617. The summed E-state index contributed by atoms with van der Waals surface area (Å²) in [4.78, 5) is 0. The molecular weight excluding hydrogens is 296 g/mol. The molecule has 1 rings (SSSR count). The first kappa shape index (κ1) is 13.9. The minimum Gasteiger partial charge on any atom is -0.379 e. The number of ether oxygens (including phenoxy) is 1. The lowest BCUT2D eigenvalue weighted by atomic mass is 10.2. The Morgan fingerprint density at radius 3 is 2.94 bits per heavy atom. The average molecular weight is 311 g/mol. The van der Waals surface area contributed by atoms with Crippen LogP contribution in [0.5, 0.6) is 0 Å². The fourth-order valence-corrected chi connectivity index (χ4v) is 1.72. The molecule has 0 aliphatic rings. The molecule has 0 bridgehead atoms. The molecule has 0 unspecified atom stereocenters. The van der Waals surface area contributed by atoms with E-state index in [-0.39, 0.29) is 5.82 Å². The number of halogens is 3. The molecule has 0 saturated heterocycles. The average Bonchev–Trinajstić information content (AvgIpc) is 2.29. The fourth-order valence-electron chi connectivity index (χ4n) is 1.21. The number of hydrogen-bond donors (Lipinski definition) is 1. The predicted molar refractivity (Wildman–Crippen MR) is 67.3 cm³/mol. The third kappa shape index (κ3) is 4.78. The first-order chi connectivity index (χ1) is 7.75. The minimum atomic E-state index is -0.238. The Bertz CT molecular complexity index is 325. The molecule has 1 N–H and O–H groups in total. The highest BCUT2D eigenvalue weighted by Gasteiger charge is 2.03. The maximum atomic E-state index is 13.1. The van der Waals surface area contributed by atoms with Crippen molar-refractivity contribution in [2.24, 2.45) is 0 Å². The maximum Gasteiger partial charge on any atom is 0.137 e. The van der Waals surface area contributed by atoms with Crippen LogP contribution >= 0.6 is 27.5 Å². The van der Waals surface area contributed by atoms with Gasteiger partial charge in [0.25, 0.3) is 0 Å². The molecule has 16 heavy (non-hydrogen) atoms. The van der Waals surface area contributed by atoms with Gasteiger partial charge in [-0.1, -0.05) is 12.1 Å². The van der Waals surface area contributed by atoms with E-state index >= 15 is 0 Å². The van der Waals surface area contributed by atoms with Crippen LogP contribution in [0.15, 0.2) is 22.7 Å². The monoisotopic (exact) mass is 309 g/mol. The van der Waals surface area contributed by atoms with Crippen LogP contribution in [0, 0.1) is 5.82 Å². The van der Waals surface area contributed by atoms with Crippen LogP contribution in [-0.4, -0.2) is 25.6 Å². The molecule has 0 heterocycles. The Hall–Kier alpha value is -0.160. The van der Waals surface area contributed by atoms with Crippen LogP contribution in [0.4, 0.5) is 4.39 Å². The standard InChI is InChI=1S/C11H14BrClFNO/c12-11-9(2-1-3-10(11)14)8-15-5-7-16-6-4-13/h1-3,15H,4-8H2. The molecule has 0 fully saturated rings. The van der Waals surface area contributed by atoms with E-state index in [9.17, 15) is 4.39 Å². The molecule has 0 amide bonds. The van der Waals surface area contributed by atoms with Gasteiger partial charge in [-0.25, -0.2) is 4.39 Å². The van der Waals surface area contributed by atoms with Crippen molar-refractivity contribution in [3.8, 4) is 0 Å². The van der Waals surface area contributed by atoms with Crippen molar-refractivity contribution >= 4 is 27.5 Å². The predicted octanol–water partition coefficient (Wildman–Crippen LogP) is 2.93. The molecule has 1 aromatic carbocycles. The second-order valence-corrected chi connectivity index (χ2v) is 4.36. The van der Waals surface area contributed by atoms with E-state index in [0.29, 0.717) is 30.1 Å². The van der Waals surface area contributed by atoms with Crippen LogP contribution in [0.3, 0.4) is 0 Å². The molecule has 0 aliphatic carbocycles. The Balaban J connectivity index is 2.24.